The van der Waals surface area contributed by atoms with E-state index in [-0.39, 0.29) is 17.9 Å². The zero-order chi connectivity index (χ0) is 13.1. The maximum absolute atomic E-state index is 13.6. The number of halogens is 2. The van der Waals surface area contributed by atoms with E-state index in [1.807, 2.05) is 6.92 Å². The summed E-state index contributed by atoms with van der Waals surface area (Å²) in [6, 6.07) is 3.90. The Balaban J connectivity index is 2.02. The number of hydrogen-bond donors (Lipinski definition) is 2. The van der Waals surface area contributed by atoms with Crippen molar-refractivity contribution in [3.63, 3.8) is 0 Å². The molecule has 3 N–H and O–H groups in total. The molecule has 0 aromatic heterocycles. The molecule has 0 aliphatic heterocycles. The second-order valence-corrected chi connectivity index (χ2v) is 5.18. The van der Waals surface area contributed by atoms with Gasteiger partial charge in [-0.3, -0.25) is 0 Å². The minimum absolute atomic E-state index is 0.198. The first-order chi connectivity index (χ1) is 8.56. The van der Waals surface area contributed by atoms with E-state index in [1.165, 1.54) is 12.1 Å². The van der Waals surface area contributed by atoms with E-state index in [9.17, 15) is 8.78 Å². The first-order valence-electron chi connectivity index (χ1n) is 6.53. The van der Waals surface area contributed by atoms with Crippen molar-refractivity contribution in [3.05, 3.63) is 35.4 Å². The highest BCUT2D eigenvalue weighted by molar-refractivity contribution is 5.22. The summed E-state index contributed by atoms with van der Waals surface area (Å²) in [6.07, 6.45) is 4.11. The molecule has 1 aliphatic carbocycles. The highest BCUT2D eigenvalue weighted by Crippen LogP contribution is 2.23. The van der Waals surface area contributed by atoms with Crippen molar-refractivity contribution in [2.45, 2.75) is 50.7 Å². The van der Waals surface area contributed by atoms with Gasteiger partial charge in [-0.15, -0.1) is 0 Å². The molecule has 0 saturated heterocycles. The molecular formula is C14H20F2N2. The van der Waals surface area contributed by atoms with E-state index in [0.29, 0.717) is 11.6 Å². The standard InChI is InChI=1S/C14H20F2N2/c1-9(13-7-10(15)5-6-14(13)16)18-12-4-2-3-11(17)8-12/h5-7,9,11-12,18H,2-4,8,17H2,1H3. The van der Waals surface area contributed by atoms with E-state index in [2.05, 4.69) is 5.32 Å². The Morgan fingerprint density at radius 3 is 2.83 bits per heavy atom. The van der Waals surface area contributed by atoms with E-state index < -0.39 is 5.82 Å². The number of benzene rings is 1. The number of nitrogens with one attached hydrogen (secondary N) is 1. The van der Waals surface area contributed by atoms with Crippen LogP contribution in [0, 0.1) is 11.6 Å². The van der Waals surface area contributed by atoms with Crippen LogP contribution in [-0.2, 0) is 0 Å². The first-order valence-corrected chi connectivity index (χ1v) is 6.53. The van der Waals surface area contributed by atoms with Crippen molar-refractivity contribution in [1.82, 2.24) is 5.32 Å². The summed E-state index contributed by atoms with van der Waals surface area (Å²) in [6.45, 7) is 1.86. The summed E-state index contributed by atoms with van der Waals surface area (Å²) in [4.78, 5) is 0. The highest BCUT2D eigenvalue weighted by Gasteiger charge is 2.22. The molecule has 100 valence electrons. The lowest BCUT2D eigenvalue weighted by molar-refractivity contribution is 0.316. The normalized spacial score (nSPS) is 26.0. The van der Waals surface area contributed by atoms with Crippen molar-refractivity contribution in [2.75, 3.05) is 0 Å². The van der Waals surface area contributed by atoms with Crippen LogP contribution < -0.4 is 11.1 Å². The quantitative estimate of drug-likeness (QED) is 0.870. The van der Waals surface area contributed by atoms with Gasteiger partial charge in [0.1, 0.15) is 11.6 Å². The Morgan fingerprint density at radius 1 is 1.33 bits per heavy atom. The van der Waals surface area contributed by atoms with Crippen molar-refractivity contribution in [3.8, 4) is 0 Å². The van der Waals surface area contributed by atoms with Crippen LogP contribution in [0.1, 0.15) is 44.2 Å². The molecule has 2 nitrogen and oxygen atoms in total. The van der Waals surface area contributed by atoms with Crippen molar-refractivity contribution < 1.29 is 8.78 Å². The molecule has 0 amide bonds. The first kappa shape index (κ1) is 13.4. The smallest absolute Gasteiger partial charge is 0.128 e. The van der Waals surface area contributed by atoms with E-state index in [0.717, 1.165) is 31.7 Å². The van der Waals surface area contributed by atoms with Crippen molar-refractivity contribution >= 4 is 0 Å². The summed E-state index contributed by atoms with van der Waals surface area (Å²) in [7, 11) is 0. The van der Waals surface area contributed by atoms with Gasteiger partial charge in [-0.25, -0.2) is 8.78 Å². The highest BCUT2D eigenvalue weighted by atomic mass is 19.1. The SMILES string of the molecule is CC(NC1CCCC(N)C1)c1cc(F)ccc1F. The fourth-order valence-corrected chi connectivity index (χ4v) is 2.67. The zero-order valence-electron chi connectivity index (χ0n) is 10.6. The van der Waals surface area contributed by atoms with Gasteiger partial charge in [0.25, 0.3) is 0 Å². The molecule has 2 rings (SSSR count). The van der Waals surface area contributed by atoms with Crippen LogP contribution in [-0.4, -0.2) is 12.1 Å². The number of rotatable bonds is 3. The Labute approximate surface area is 107 Å². The van der Waals surface area contributed by atoms with Gasteiger partial charge in [-0.1, -0.05) is 6.42 Å². The summed E-state index contributed by atoms with van der Waals surface area (Å²) >= 11 is 0. The molecule has 0 bridgehead atoms. The average molecular weight is 254 g/mol. The van der Waals surface area contributed by atoms with Crippen molar-refractivity contribution in [1.29, 1.82) is 0 Å². The molecule has 1 aromatic rings. The average Bonchev–Trinajstić information content (AvgIpc) is 2.32. The predicted molar refractivity (Wildman–Crippen MR) is 68.1 cm³/mol. The van der Waals surface area contributed by atoms with Crippen LogP contribution in [0.4, 0.5) is 8.78 Å². The van der Waals surface area contributed by atoms with Crippen molar-refractivity contribution in [2.24, 2.45) is 5.73 Å². The molecule has 3 unspecified atom stereocenters. The Morgan fingerprint density at radius 2 is 2.11 bits per heavy atom. The van der Waals surface area contributed by atoms with E-state index >= 15 is 0 Å². The van der Waals surface area contributed by atoms with Gasteiger partial charge >= 0.3 is 0 Å². The molecule has 0 radical (unpaired) electrons. The topological polar surface area (TPSA) is 38.0 Å². The van der Waals surface area contributed by atoms with Gasteiger partial charge in [0.2, 0.25) is 0 Å². The molecule has 0 heterocycles. The van der Waals surface area contributed by atoms with Gasteiger partial charge < -0.3 is 11.1 Å². The summed E-state index contributed by atoms with van der Waals surface area (Å²) in [5.74, 6) is -0.767. The third kappa shape index (κ3) is 3.27. The van der Waals surface area contributed by atoms with Crippen LogP contribution in [0.15, 0.2) is 18.2 Å². The van der Waals surface area contributed by atoms with Gasteiger partial charge in [0.05, 0.1) is 0 Å². The molecule has 0 spiro atoms. The zero-order valence-corrected chi connectivity index (χ0v) is 10.6. The van der Waals surface area contributed by atoms with Gasteiger partial charge in [0, 0.05) is 23.7 Å². The van der Waals surface area contributed by atoms with Crippen LogP contribution in [0.5, 0.6) is 0 Å². The summed E-state index contributed by atoms with van der Waals surface area (Å²) < 4.78 is 26.8. The molecule has 3 atom stereocenters. The number of nitrogens with two attached hydrogens (primary N) is 1. The van der Waals surface area contributed by atoms with Crippen LogP contribution in [0.25, 0.3) is 0 Å². The van der Waals surface area contributed by atoms with Crippen LogP contribution in [0.2, 0.25) is 0 Å². The lowest BCUT2D eigenvalue weighted by atomic mass is 9.90. The summed E-state index contributed by atoms with van der Waals surface area (Å²) in [5.41, 5.74) is 6.30. The van der Waals surface area contributed by atoms with Crippen LogP contribution >= 0.6 is 0 Å². The molecule has 1 aliphatic rings. The number of hydrogen-bond acceptors (Lipinski definition) is 2. The monoisotopic (exact) mass is 254 g/mol. The molecule has 18 heavy (non-hydrogen) atoms. The third-order valence-electron chi connectivity index (χ3n) is 3.63. The second kappa shape index (κ2) is 5.76. The van der Waals surface area contributed by atoms with Gasteiger partial charge in [-0.2, -0.15) is 0 Å². The van der Waals surface area contributed by atoms with Crippen LogP contribution in [0.3, 0.4) is 0 Å². The largest absolute Gasteiger partial charge is 0.328 e. The maximum atomic E-state index is 13.6. The summed E-state index contributed by atoms with van der Waals surface area (Å²) in [5, 5.41) is 3.35. The van der Waals surface area contributed by atoms with E-state index in [1.54, 1.807) is 0 Å². The minimum Gasteiger partial charge on any atom is -0.328 e. The van der Waals surface area contributed by atoms with Gasteiger partial charge in [-0.05, 0) is 44.4 Å². The molecule has 1 aromatic carbocycles. The lowest BCUT2D eigenvalue weighted by Crippen LogP contribution is -2.40. The molecule has 4 heteroatoms. The van der Waals surface area contributed by atoms with Gasteiger partial charge in [0.15, 0.2) is 0 Å². The molecule has 1 saturated carbocycles. The Hall–Kier alpha value is -1.00. The molecule has 1 fully saturated rings. The fourth-order valence-electron chi connectivity index (χ4n) is 2.67. The third-order valence-corrected chi connectivity index (χ3v) is 3.63. The fraction of sp³-hybridized carbons (Fsp3) is 0.571. The van der Waals surface area contributed by atoms with E-state index in [4.69, 9.17) is 5.73 Å². The Bertz CT molecular complexity index is 409. The minimum atomic E-state index is -0.402. The maximum Gasteiger partial charge on any atom is 0.128 e. The second-order valence-electron chi connectivity index (χ2n) is 5.18. The predicted octanol–water partition coefficient (Wildman–Crippen LogP) is 2.89. The lowest BCUT2D eigenvalue weighted by Gasteiger charge is -2.30. The Kier molecular flexibility index (Phi) is 4.30. The molecular weight excluding hydrogens is 234 g/mol.